The van der Waals surface area contributed by atoms with Crippen LogP contribution in [0.5, 0.6) is 0 Å². The van der Waals surface area contributed by atoms with Gasteiger partial charge in [-0.2, -0.15) is 5.26 Å². The van der Waals surface area contributed by atoms with E-state index in [1.54, 1.807) is 36.4 Å². The number of amides is 1. The van der Waals surface area contributed by atoms with Crippen molar-refractivity contribution in [2.24, 2.45) is 0 Å². The largest absolute Gasteiger partial charge is 0.302 e. The van der Waals surface area contributed by atoms with Crippen LogP contribution in [0.2, 0.25) is 0 Å². The average molecular weight is 365 g/mol. The molecule has 0 aliphatic heterocycles. The topological polar surface area (TPSA) is 65.8 Å². The van der Waals surface area contributed by atoms with Crippen LogP contribution in [0.25, 0.3) is 0 Å². The van der Waals surface area contributed by atoms with Gasteiger partial charge in [-0.3, -0.25) is 4.79 Å². The molecular weight excluding hydrogens is 349 g/mol. The van der Waals surface area contributed by atoms with E-state index in [9.17, 15) is 9.18 Å². The first kappa shape index (κ1) is 17.8. The summed E-state index contributed by atoms with van der Waals surface area (Å²) in [6.45, 7) is 1.89. The second kappa shape index (κ2) is 7.89. The Morgan fingerprint density at radius 1 is 1.15 bits per heavy atom. The van der Waals surface area contributed by atoms with Gasteiger partial charge in [0.2, 0.25) is 5.91 Å². The van der Waals surface area contributed by atoms with Gasteiger partial charge in [0.25, 0.3) is 0 Å². The Labute approximate surface area is 154 Å². The number of carbonyl (C=O) groups excluding carboxylic acids is 1. The summed E-state index contributed by atoms with van der Waals surface area (Å²) in [5.41, 5.74) is 3.25. The van der Waals surface area contributed by atoms with Crippen LogP contribution in [-0.4, -0.2) is 10.9 Å². The fourth-order valence-electron chi connectivity index (χ4n) is 2.48. The second-order valence-corrected chi connectivity index (χ2v) is 6.95. The lowest BCUT2D eigenvalue weighted by atomic mass is 10.1. The van der Waals surface area contributed by atoms with Gasteiger partial charge in [-0.1, -0.05) is 24.3 Å². The Hall–Kier alpha value is -3.04. The molecule has 1 amide bonds. The molecule has 0 saturated carbocycles. The molecule has 1 N–H and O–H groups in total. The van der Waals surface area contributed by atoms with E-state index in [1.807, 2.05) is 13.0 Å². The lowest BCUT2D eigenvalue weighted by Gasteiger charge is -2.02. The summed E-state index contributed by atoms with van der Waals surface area (Å²) in [7, 11) is 0. The molecule has 0 aliphatic rings. The minimum absolute atomic E-state index is 0.156. The van der Waals surface area contributed by atoms with Crippen LogP contribution in [0.15, 0.2) is 48.5 Å². The molecule has 0 fully saturated rings. The van der Waals surface area contributed by atoms with Gasteiger partial charge in [0.1, 0.15) is 5.82 Å². The lowest BCUT2D eigenvalue weighted by molar-refractivity contribution is -0.115. The predicted molar refractivity (Wildman–Crippen MR) is 99.5 cm³/mol. The zero-order chi connectivity index (χ0) is 18.5. The van der Waals surface area contributed by atoms with Crippen LogP contribution in [0, 0.1) is 24.1 Å². The number of hydrogen-bond acceptors (Lipinski definition) is 4. The molecular formula is C20H16FN3OS. The molecule has 0 saturated heterocycles. The Balaban J connectivity index is 1.63. The molecule has 0 atom stereocenters. The monoisotopic (exact) mass is 365 g/mol. The maximum Gasteiger partial charge on any atom is 0.230 e. The summed E-state index contributed by atoms with van der Waals surface area (Å²) >= 11 is 1.42. The third kappa shape index (κ3) is 4.52. The summed E-state index contributed by atoms with van der Waals surface area (Å²) in [6, 6.07) is 15.3. The third-order valence-corrected chi connectivity index (χ3v) is 4.94. The van der Waals surface area contributed by atoms with Crippen molar-refractivity contribution in [1.82, 2.24) is 4.98 Å². The number of rotatable bonds is 5. The van der Waals surface area contributed by atoms with E-state index in [0.29, 0.717) is 17.1 Å². The molecule has 0 unspecified atom stereocenters. The molecule has 0 bridgehead atoms. The van der Waals surface area contributed by atoms with E-state index in [4.69, 9.17) is 5.26 Å². The summed E-state index contributed by atoms with van der Waals surface area (Å²) in [6.07, 6.45) is 0.868. The first-order valence-corrected chi connectivity index (χ1v) is 8.85. The molecule has 4 nitrogen and oxygen atoms in total. The number of nitrogens with zero attached hydrogens (tertiary/aromatic N) is 2. The molecule has 0 radical (unpaired) electrons. The van der Waals surface area contributed by atoms with Crippen LogP contribution in [-0.2, 0) is 17.6 Å². The molecule has 1 aromatic heterocycles. The quantitative estimate of drug-likeness (QED) is 0.736. The molecule has 6 heteroatoms. The van der Waals surface area contributed by atoms with Gasteiger partial charge in [-0.05, 0) is 42.3 Å². The minimum atomic E-state index is -0.259. The van der Waals surface area contributed by atoms with E-state index >= 15 is 0 Å². The number of anilines is 1. The molecule has 3 rings (SSSR count). The van der Waals surface area contributed by atoms with Crippen molar-refractivity contribution in [3.63, 3.8) is 0 Å². The highest BCUT2D eigenvalue weighted by Gasteiger charge is 2.12. The second-order valence-electron chi connectivity index (χ2n) is 5.86. The number of nitriles is 1. The van der Waals surface area contributed by atoms with Crippen molar-refractivity contribution in [2.75, 3.05) is 5.32 Å². The van der Waals surface area contributed by atoms with Gasteiger partial charge < -0.3 is 5.32 Å². The van der Waals surface area contributed by atoms with Crippen LogP contribution in [0.1, 0.15) is 27.3 Å². The van der Waals surface area contributed by atoms with E-state index in [0.717, 1.165) is 21.7 Å². The third-order valence-electron chi connectivity index (χ3n) is 3.86. The van der Waals surface area contributed by atoms with E-state index < -0.39 is 0 Å². The van der Waals surface area contributed by atoms with Crippen molar-refractivity contribution in [1.29, 1.82) is 5.26 Å². The van der Waals surface area contributed by atoms with Gasteiger partial charge in [0, 0.05) is 11.3 Å². The van der Waals surface area contributed by atoms with Gasteiger partial charge >= 0.3 is 0 Å². The maximum atomic E-state index is 13.0. The van der Waals surface area contributed by atoms with Crippen molar-refractivity contribution >= 4 is 22.4 Å². The lowest BCUT2D eigenvalue weighted by Crippen LogP contribution is -2.14. The number of halogens is 1. The van der Waals surface area contributed by atoms with Gasteiger partial charge in [0.05, 0.1) is 23.7 Å². The Morgan fingerprint density at radius 3 is 2.46 bits per heavy atom. The van der Waals surface area contributed by atoms with Crippen molar-refractivity contribution in [2.45, 2.75) is 19.8 Å². The summed E-state index contributed by atoms with van der Waals surface area (Å²) in [5, 5.41) is 12.2. The molecule has 0 aliphatic carbocycles. The van der Waals surface area contributed by atoms with Gasteiger partial charge in [0.15, 0.2) is 5.13 Å². The zero-order valence-corrected chi connectivity index (χ0v) is 14.9. The normalized spacial score (nSPS) is 10.3. The Morgan fingerprint density at radius 2 is 1.81 bits per heavy atom. The number of aromatic nitrogens is 1. The van der Waals surface area contributed by atoms with Crippen molar-refractivity contribution in [3.8, 4) is 6.07 Å². The van der Waals surface area contributed by atoms with Crippen LogP contribution in [0.4, 0.5) is 9.52 Å². The molecule has 26 heavy (non-hydrogen) atoms. The van der Waals surface area contributed by atoms with Crippen molar-refractivity contribution < 1.29 is 9.18 Å². The minimum Gasteiger partial charge on any atom is -0.302 e. The maximum absolute atomic E-state index is 13.0. The number of carbonyl (C=O) groups is 1. The fraction of sp³-hybridized carbons (Fsp3) is 0.150. The summed E-state index contributed by atoms with van der Waals surface area (Å²) < 4.78 is 13.0. The van der Waals surface area contributed by atoms with Crippen LogP contribution in [0.3, 0.4) is 0 Å². The summed E-state index contributed by atoms with van der Waals surface area (Å²) in [4.78, 5) is 17.6. The Kier molecular flexibility index (Phi) is 5.40. The molecule has 3 aromatic rings. The Bertz CT molecular complexity index is 956. The molecule has 1 heterocycles. The summed E-state index contributed by atoms with van der Waals surface area (Å²) in [5.74, 6) is -0.415. The number of aryl methyl sites for hydroxylation is 1. The van der Waals surface area contributed by atoms with Crippen LogP contribution >= 0.6 is 11.3 Å². The highest BCUT2D eigenvalue weighted by Crippen LogP contribution is 2.25. The molecule has 0 spiro atoms. The van der Waals surface area contributed by atoms with E-state index in [2.05, 4.69) is 10.3 Å². The number of thiazole rings is 1. The van der Waals surface area contributed by atoms with E-state index in [1.165, 1.54) is 23.5 Å². The molecule has 130 valence electrons. The van der Waals surface area contributed by atoms with Crippen molar-refractivity contribution in [3.05, 3.63) is 81.6 Å². The first-order chi connectivity index (χ1) is 12.5. The molecule has 2 aromatic carbocycles. The predicted octanol–water partition coefficient (Wildman–Crippen LogP) is 4.23. The standard InChI is InChI=1S/C20H16FN3OS/c1-13-18(10-14-6-8-17(21)9-7-14)26-20(23-13)24-19(25)11-15-2-4-16(12-22)5-3-15/h2-9H,10-11H2,1H3,(H,23,24,25). The van der Waals surface area contributed by atoms with Gasteiger partial charge in [-0.15, -0.1) is 11.3 Å². The van der Waals surface area contributed by atoms with Crippen LogP contribution < -0.4 is 5.32 Å². The average Bonchev–Trinajstić information content (AvgIpc) is 2.96. The number of benzene rings is 2. The fourth-order valence-corrected chi connectivity index (χ4v) is 3.49. The smallest absolute Gasteiger partial charge is 0.230 e. The first-order valence-electron chi connectivity index (χ1n) is 8.03. The van der Waals surface area contributed by atoms with Gasteiger partial charge in [-0.25, -0.2) is 9.37 Å². The highest BCUT2D eigenvalue weighted by molar-refractivity contribution is 7.15. The number of nitrogens with one attached hydrogen (secondary N) is 1. The van der Waals surface area contributed by atoms with E-state index in [-0.39, 0.29) is 18.1 Å². The highest BCUT2D eigenvalue weighted by atomic mass is 32.1. The zero-order valence-electron chi connectivity index (χ0n) is 14.1. The SMILES string of the molecule is Cc1nc(NC(=O)Cc2ccc(C#N)cc2)sc1Cc1ccc(F)cc1. The number of hydrogen-bond donors (Lipinski definition) is 1.